The van der Waals surface area contributed by atoms with Crippen molar-refractivity contribution in [1.82, 2.24) is 5.32 Å². The van der Waals surface area contributed by atoms with Gasteiger partial charge in [0.05, 0.1) is 4.47 Å². The molecule has 2 saturated carbocycles. The topological polar surface area (TPSA) is 29.1 Å². The van der Waals surface area contributed by atoms with E-state index in [2.05, 4.69) is 21.2 Å². The minimum Gasteiger partial charge on any atom is -0.349 e. The molecule has 0 saturated heterocycles. The number of rotatable bonds is 2. The van der Waals surface area contributed by atoms with Gasteiger partial charge in [0.1, 0.15) is 5.82 Å². The average molecular weight is 312 g/mol. The van der Waals surface area contributed by atoms with Crippen LogP contribution in [-0.4, -0.2) is 11.9 Å². The van der Waals surface area contributed by atoms with Crippen LogP contribution >= 0.6 is 15.9 Å². The van der Waals surface area contributed by atoms with Gasteiger partial charge in [-0.2, -0.15) is 0 Å². The van der Waals surface area contributed by atoms with Crippen molar-refractivity contribution in [2.75, 3.05) is 0 Å². The van der Waals surface area contributed by atoms with Gasteiger partial charge in [-0.1, -0.05) is 6.42 Å². The molecule has 0 heterocycles. The van der Waals surface area contributed by atoms with Crippen LogP contribution < -0.4 is 5.32 Å². The number of hydrogen-bond donors (Lipinski definition) is 1. The Kier molecular flexibility index (Phi) is 3.14. The summed E-state index contributed by atoms with van der Waals surface area (Å²) in [6.45, 7) is 0. The highest BCUT2D eigenvalue weighted by molar-refractivity contribution is 9.10. The molecule has 3 rings (SSSR count). The molecule has 3 atom stereocenters. The summed E-state index contributed by atoms with van der Waals surface area (Å²) in [5.41, 5.74) is 0.519. The Morgan fingerprint density at radius 3 is 2.78 bits per heavy atom. The maximum absolute atomic E-state index is 13.1. The predicted molar refractivity (Wildman–Crippen MR) is 70.8 cm³/mol. The second kappa shape index (κ2) is 4.65. The smallest absolute Gasteiger partial charge is 0.251 e. The molecule has 0 spiro atoms. The first-order valence-corrected chi connectivity index (χ1v) is 7.18. The van der Waals surface area contributed by atoms with Gasteiger partial charge in [-0.25, -0.2) is 4.39 Å². The highest BCUT2D eigenvalue weighted by Crippen LogP contribution is 2.44. The molecule has 1 aromatic carbocycles. The van der Waals surface area contributed by atoms with Gasteiger partial charge in [0, 0.05) is 11.6 Å². The summed E-state index contributed by atoms with van der Waals surface area (Å²) >= 11 is 3.10. The van der Waals surface area contributed by atoms with Gasteiger partial charge in [0.2, 0.25) is 0 Å². The molecular formula is C14H15BrFNO. The Morgan fingerprint density at radius 2 is 2.17 bits per heavy atom. The van der Waals surface area contributed by atoms with Crippen LogP contribution in [0.3, 0.4) is 0 Å². The Hall–Kier alpha value is -0.900. The number of carbonyl (C=O) groups is 1. The second-order valence-electron chi connectivity index (χ2n) is 5.38. The van der Waals surface area contributed by atoms with Crippen LogP contribution in [0.5, 0.6) is 0 Å². The number of amides is 1. The van der Waals surface area contributed by atoms with E-state index in [1.165, 1.54) is 37.5 Å². The van der Waals surface area contributed by atoms with E-state index in [4.69, 9.17) is 0 Å². The molecule has 2 aliphatic carbocycles. The van der Waals surface area contributed by atoms with Crippen molar-refractivity contribution >= 4 is 21.8 Å². The summed E-state index contributed by atoms with van der Waals surface area (Å²) in [5, 5.41) is 3.09. The molecule has 0 aromatic heterocycles. The normalized spacial score (nSPS) is 29.6. The van der Waals surface area contributed by atoms with Gasteiger partial charge in [0.15, 0.2) is 0 Å². The molecule has 1 N–H and O–H groups in total. The second-order valence-corrected chi connectivity index (χ2v) is 6.24. The molecule has 4 heteroatoms. The fourth-order valence-corrected chi connectivity index (χ4v) is 3.69. The lowest BCUT2D eigenvalue weighted by Gasteiger charge is -2.22. The average Bonchev–Trinajstić information content (AvgIpc) is 2.94. The van der Waals surface area contributed by atoms with Crippen molar-refractivity contribution in [2.45, 2.75) is 31.7 Å². The van der Waals surface area contributed by atoms with Crippen LogP contribution in [0.15, 0.2) is 22.7 Å². The van der Waals surface area contributed by atoms with Crippen molar-refractivity contribution in [3.63, 3.8) is 0 Å². The SMILES string of the molecule is O=C(NC1CC2CCC1C2)c1ccc(F)c(Br)c1. The fourth-order valence-electron chi connectivity index (χ4n) is 3.31. The van der Waals surface area contributed by atoms with Crippen molar-refractivity contribution in [3.05, 3.63) is 34.1 Å². The summed E-state index contributed by atoms with van der Waals surface area (Å²) in [7, 11) is 0. The van der Waals surface area contributed by atoms with Gasteiger partial charge in [-0.15, -0.1) is 0 Å². The first-order chi connectivity index (χ1) is 8.63. The lowest BCUT2D eigenvalue weighted by molar-refractivity contribution is 0.0923. The summed E-state index contributed by atoms with van der Waals surface area (Å²) in [6.07, 6.45) is 4.93. The van der Waals surface area contributed by atoms with E-state index in [1.807, 2.05) is 0 Å². The summed E-state index contributed by atoms with van der Waals surface area (Å²) < 4.78 is 13.4. The third-order valence-corrected chi connectivity index (χ3v) is 4.84. The van der Waals surface area contributed by atoms with E-state index in [0.29, 0.717) is 22.0 Å². The van der Waals surface area contributed by atoms with Gasteiger partial charge >= 0.3 is 0 Å². The van der Waals surface area contributed by atoms with Crippen LogP contribution in [0, 0.1) is 17.7 Å². The van der Waals surface area contributed by atoms with E-state index >= 15 is 0 Å². The van der Waals surface area contributed by atoms with Crippen LogP contribution in [0.2, 0.25) is 0 Å². The predicted octanol–water partition coefficient (Wildman–Crippen LogP) is 3.51. The lowest BCUT2D eigenvalue weighted by atomic mass is 9.95. The molecule has 3 unspecified atom stereocenters. The van der Waals surface area contributed by atoms with Crippen molar-refractivity contribution < 1.29 is 9.18 Å². The van der Waals surface area contributed by atoms with Crippen molar-refractivity contribution in [3.8, 4) is 0 Å². The monoisotopic (exact) mass is 311 g/mol. The highest BCUT2D eigenvalue weighted by Gasteiger charge is 2.40. The molecule has 0 aliphatic heterocycles. The molecule has 2 nitrogen and oxygen atoms in total. The van der Waals surface area contributed by atoms with Crippen LogP contribution in [0.1, 0.15) is 36.0 Å². The number of fused-ring (bicyclic) bond motifs is 2. The number of halogens is 2. The molecule has 2 fully saturated rings. The highest BCUT2D eigenvalue weighted by atomic mass is 79.9. The van der Waals surface area contributed by atoms with Crippen LogP contribution in [0.25, 0.3) is 0 Å². The quantitative estimate of drug-likeness (QED) is 0.889. The Morgan fingerprint density at radius 1 is 1.33 bits per heavy atom. The Bertz CT molecular complexity index is 491. The molecule has 2 aliphatic rings. The number of benzene rings is 1. The molecule has 1 amide bonds. The molecule has 0 radical (unpaired) electrons. The number of nitrogens with one attached hydrogen (secondary N) is 1. The van der Waals surface area contributed by atoms with Crippen LogP contribution in [-0.2, 0) is 0 Å². The summed E-state index contributed by atoms with van der Waals surface area (Å²) in [6, 6.07) is 4.71. The zero-order valence-electron chi connectivity index (χ0n) is 9.96. The molecular weight excluding hydrogens is 297 g/mol. The Balaban J connectivity index is 1.69. The summed E-state index contributed by atoms with van der Waals surface area (Å²) in [5.74, 6) is 1.03. The Labute approximate surface area is 114 Å². The van der Waals surface area contributed by atoms with E-state index < -0.39 is 0 Å². The summed E-state index contributed by atoms with van der Waals surface area (Å²) in [4.78, 5) is 12.1. The molecule has 1 aromatic rings. The largest absolute Gasteiger partial charge is 0.349 e. The van der Waals surface area contributed by atoms with Crippen molar-refractivity contribution in [1.29, 1.82) is 0 Å². The molecule has 2 bridgehead atoms. The first kappa shape index (κ1) is 12.2. The van der Waals surface area contributed by atoms with Gasteiger partial charge in [0.25, 0.3) is 5.91 Å². The van der Waals surface area contributed by atoms with E-state index in [0.717, 1.165) is 12.3 Å². The third kappa shape index (κ3) is 2.18. The van der Waals surface area contributed by atoms with Gasteiger partial charge in [-0.3, -0.25) is 4.79 Å². The minimum absolute atomic E-state index is 0.0896. The maximum atomic E-state index is 13.1. The molecule has 18 heavy (non-hydrogen) atoms. The number of hydrogen-bond acceptors (Lipinski definition) is 1. The first-order valence-electron chi connectivity index (χ1n) is 6.39. The number of carbonyl (C=O) groups excluding carboxylic acids is 1. The molecule has 96 valence electrons. The standard InChI is InChI=1S/C14H15BrFNO/c15-11-7-10(3-4-12(11)16)14(18)17-13-6-8-1-2-9(13)5-8/h3-4,7-9,13H,1-2,5-6H2,(H,17,18). The van der Waals surface area contributed by atoms with Crippen molar-refractivity contribution in [2.24, 2.45) is 11.8 Å². The lowest BCUT2D eigenvalue weighted by Crippen LogP contribution is -2.38. The van der Waals surface area contributed by atoms with Gasteiger partial charge in [-0.05, 0) is 65.2 Å². The zero-order chi connectivity index (χ0) is 12.7. The maximum Gasteiger partial charge on any atom is 0.251 e. The van der Waals surface area contributed by atoms with Crippen LogP contribution in [0.4, 0.5) is 4.39 Å². The van der Waals surface area contributed by atoms with Gasteiger partial charge < -0.3 is 5.32 Å². The van der Waals surface area contributed by atoms with E-state index in [1.54, 1.807) is 0 Å². The van der Waals surface area contributed by atoms with E-state index in [-0.39, 0.29) is 11.7 Å². The zero-order valence-corrected chi connectivity index (χ0v) is 11.5. The third-order valence-electron chi connectivity index (χ3n) is 4.24. The fraction of sp³-hybridized carbons (Fsp3) is 0.500. The van der Waals surface area contributed by atoms with E-state index in [9.17, 15) is 9.18 Å². The minimum atomic E-state index is -0.341.